The van der Waals surface area contributed by atoms with Crippen molar-refractivity contribution in [3.63, 3.8) is 0 Å². The van der Waals surface area contributed by atoms with E-state index in [1.54, 1.807) is 7.11 Å². The number of nitrogens with one attached hydrogen (secondary N) is 1. The molecule has 0 bridgehead atoms. The molecule has 0 amide bonds. The Labute approximate surface area is 134 Å². The predicted octanol–water partition coefficient (Wildman–Crippen LogP) is 2.08. The number of benzene rings is 1. The third-order valence-corrected chi connectivity index (χ3v) is 4.83. The number of hydrogen-bond donors (Lipinski definition) is 1. The Balaban J connectivity index is 1.56. The number of methoxy groups -OCH3 is 1. The van der Waals surface area contributed by atoms with Crippen LogP contribution in [0.2, 0.25) is 0 Å². The van der Waals surface area contributed by atoms with Crippen LogP contribution in [0.5, 0.6) is 5.75 Å². The minimum atomic E-state index is 0.735. The van der Waals surface area contributed by atoms with Gasteiger partial charge in [0.25, 0.3) is 0 Å². The number of piperazine rings is 1. The molecule has 1 aromatic rings. The van der Waals surface area contributed by atoms with E-state index in [4.69, 9.17) is 4.74 Å². The van der Waals surface area contributed by atoms with Crippen molar-refractivity contribution in [3.8, 4) is 5.75 Å². The zero-order chi connectivity index (χ0) is 15.4. The van der Waals surface area contributed by atoms with Crippen molar-refractivity contribution in [3.05, 3.63) is 29.3 Å². The van der Waals surface area contributed by atoms with Crippen LogP contribution in [0.1, 0.15) is 30.9 Å². The van der Waals surface area contributed by atoms with Crippen LogP contribution in [0.4, 0.5) is 0 Å². The van der Waals surface area contributed by atoms with Crippen molar-refractivity contribution in [2.75, 3.05) is 39.8 Å². The third kappa shape index (κ3) is 4.22. The van der Waals surface area contributed by atoms with Crippen LogP contribution in [-0.2, 0) is 13.1 Å². The molecule has 1 saturated heterocycles. The van der Waals surface area contributed by atoms with Crippen LogP contribution in [0, 0.1) is 0 Å². The summed E-state index contributed by atoms with van der Waals surface area (Å²) in [6.45, 7) is 10.1. The number of ether oxygens (including phenoxy) is 1. The third-order valence-electron chi connectivity index (χ3n) is 4.83. The molecule has 0 aromatic heterocycles. The van der Waals surface area contributed by atoms with Crippen LogP contribution in [0.25, 0.3) is 0 Å². The largest absolute Gasteiger partial charge is 0.496 e. The molecule has 0 unspecified atom stereocenters. The minimum Gasteiger partial charge on any atom is -0.496 e. The van der Waals surface area contributed by atoms with E-state index in [0.717, 1.165) is 24.9 Å². The molecule has 1 heterocycles. The van der Waals surface area contributed by atoms with Gasteiger partial charge in [-0.1, -0.05) is 19.1 Å². The van der Waals surface area contributed by atoms with E-state index in [0.29, 0.717) is 0 Å². The topological polar surface area (TPSA) is 27.7 Å². The number of likely N-dealkylation sites (N-methyl/N-ethyl adjacent to an activating group) is 1. The normalized spacial score (nSPS) is 20.3. The molecule has 4 heteroatoms. The maximum atomic E-state index is 5.60. The molecule has 0 spiro atoms. The number of hydrogen-bond acceptors (Lipinski definition) is 4. The number of rotatable bonds is 7. The lowest BCUT2D eigenvalue weighted by Gasteiger charge is -2.34. The Morgan fingerprint density at radius 3 is 2.50 bits per heavy atom. The molecular formula is C18H29N3O. The first kappa shape index (κ1) is 15.8. The zero-order valence-electron chi connectivity index (χ0n) is 14.0. The van der Waals surface area contributed by atoms with Gasteiger partial charge in [0, 0.05) is 50.9 Å². The number of nitrogens with zero attached hydrogens (tertiary/aromatic N) is 2. The molecule has 1 aliphatic carbocycles. The van der Waals surface area contributed by atoms with Crippen LogP contribution >= 0.6 is 0 Å². The summed E-state index contributed by atoms with van der Waals surface area (Å²) in [5.74, 6) is 1.03. The smallest absolute Gasteiger partial charge is 0.123 e. The maximum Gasteiger partial charge on any atom is 0.123 e. The Bertz CT molecular complexity index is 479. The monoisotopic (exact) mass is 303 g/mol. The predicted molar refractivity (Wildman–Crippen MR) is 90.2 cm³/mol. The van der Waals surface area contributed by atoms with Gasteiger partial charge in [-0.05, 0) is 31.0 Å². The van der Waals surface area contributed by atoms with Gasteiger partial charge in [0.15, 0.2) is 0 Å². The lowest BCUT2D eigenvalue weighted by atomic mass is 10.1. The van der Waals surface area contributed by atoms with Gasteiger partial charge in [-0.15, -0.1) is 0 Å². The molecule has 2 fully saturated rings. The lowest BCUT2D eigenvalue weighted by Crippen LogP contribution is -2.45. The summed E-state index contributed by atoms with van der Waals surface area (Å²) in [7, 11) is 1.78. The zero-order valence-corrected chi connectivity index (χ0v) is 14.0. The van der Waals surface area contributed by atoms with Gasteiger partial charge in [-0.25, -0.2) is 0 Å². The fraction of sp³-hybridized carbons (Fsp3) is 0.667. The molecule has 122 valence electrons. The van der Waals surface area contributed by atoms with Gasteiger partial charge in [0.1, 0.15) is 5.75 Å². The van der Waals surface area contributed by atoms with Crippen molar-refractivity contribution in [1.29, 1.82) is 0 Å². The molecule has 22 heavy (non-hydrogen) atoms. The molecule has 1 saturated carbocycles. The van der Waals surface area contributed by atoms with E-state index in [1.165, 1.54) is 56.7 Å². The summed E-state index contributed by atoms with van der Waals surface area (Å²) in [6.07, 6.45) is 2.65. The van der Waals surface area contributed by atoms with Gasteiger partial charge in [0.2, 0.25) is 0 Å². The first-order valence-corrected chi connectivity index (χ1v) is 8.62. The highest BCUT2D eigenvalue weighted by atomic mass is 16.5. The molecule has 0 atom stereocenters. The fourth-order valence-corrected chi connectivity index (χ4v) is 3.10. The highest BCUT2D eigenvalue weighted by Gasteiger charge is 2.21. The second kappa shape index (κ2) is 7.44. The molecular weight excluding hydrogens is 274 g/mol. The second-order valence-corrected chi connectivity index (χ2v) is 6.51. The molecule has 1 N–H and O–H groups in total. The fourth-order valence-electron chi connectivity index (χ4n) is 3.10. The Kier molecular flexibility index (Phi) is 5.34. The summed E-state index contributed by atoms with van der Waals surface area (Å²) in [5.41, 5.74) is 2.63. The summed E-state index contributed by atoms with van der Waals surface area (Å²) >= 11 is 0. The van der Waals surface area contributed by atoms with Crippen molar-refractivity contribution in [2.24, 2.45) is 0 Å². The molecule has 1 aromatic carbocycles. The summed E-state index contributed by atoms with van der Waals surface area (Å²) < 4.78 is 5.60. The quantitative estimate of drug-likeness (QED) is 0.835. The van der Waals surface area contributed by atoms with E-state index in [9.17, 15) is 0 Å². The van der Waals surface area contributed by atoms with E-state index in [1.807, 2.05) is 0 Å². The SMILES string of the molecule is CCN1CCN(Cc2ccc(CNC3CC3)c(OC)c2)CC1. The average Bonchev–Trinajstić information content (AvgIpc) is 3.38. The van der Waals surface area contributed by atoms with E-state index in [-0.39, 0.29) is 0 Å². The van der Waals surface area contributed by atoms with Crippen molar-refractivity contribution in [2.45, 2.75) is 38.9 Å². The van der Waals surface area contributed by atoms with Crippen LogP contribution in [0.15, 0.2) is 18.2 Å². The molecule has 2 aliphatic rings. The highest BCUT2D eigenvalue weighted by molar-refractivity contribution is 5.37. The summed E-state index contributed by atoms with van der Waals surface area (Å²) in [5, 5.41) is 3.56. The Morgan fingerprint density at radius 2 is 1.86 bits per heavy atom. The lowest BCUT2D eigenvalue weighted by molar-refractivity contribution is 0.132. The van der Waals surface area contributed by atoms with Crippen molar-refractivity contribution < 1.29 is 4.74 Å². The molecule has 3 rings (SSSR count). The Hall–Kier alpha value is -1.10. The van der Waals surface area contributed by atoms with Crippen LogP contribution in [0.3, 0.4) is 0 Å². The van der Waals surface area contributed by atoms with E-state index in [2.05, 4.69) is 40.2 Å². The maximum absolute atomic E-state index is 5.60. The first-order chi connectivity index (χ1) is 10.8. The van der Waals surface area contributed by atoms with Crippen LogP contribution in [-0.4, -0.2) is 55.7 Å². The molecule has 1 aliphatic heterocycles. The summed E-state index contributed by atoms with van der Waals surface area (Å²) in [4.78, 5) is 5.06. The minimum absolute atomic E-state index is 0.735. The van der Waals surface area contributed by atoms with Crippen LogP contribution < -0.4 is 10.1 Å². The average molecular weight is 303 g/mol. The Morgan fingerprint density at radius 1 is 1.14 bits per heavy atom. The van der Waals surface area contributed by atoms with Crippen molar-refractivity contribution >= 4 is 0 Å². The molecule has 0 radical (unpaired) electrons. The van der Waals surface area contributed by atoms with Gasteiger partial charge in [0.05, 0.1) is 7.11 Å². The highest BCUT2D eigenvalue weighted by Crippen LogP contribution is 2.24. The summed E-state index contributed by atoms with van der Waals surface area (Å²) in [6, 6.07) is 7.44. The van der Waals surface area contributed by atoms with Gasteiger partial charge in [-0.2, -0.15) is 0 Å². The molecule has 4 nitrogen and oxygen atoms in total. The standard InChI is InChI=1S/C18H29N3O/c1-3-20-8-10-21(11-9-20)14-15-4-5-16(18(12-15)22-2)13-19-17-6-7-17/h4-5,12,17,19H,3,6-11,13-14H2,1-2H3. The second-order valence-electron chi connectivity index (χ2n) is 6.51. The van der Waals surface area contributed by atoms with Gasteiger partial charge in [-0.3, -0.25) is 4.90 Å². The van der Waals surface area contributed by atoms with E-state index >= 15 is 0 Å². The van der Waals surface area contributed by atoms with Gasteiger partial charge < -0.3 is 15.0 Å². The van der Waals surface area contributed by atoms with Crippen molar-refractivity contribution in [1.82, 2.24) is 15.1 Å². The first-order valence-electron chi connectivity index (χ1n) is 8.62. The van der Waals surface area contributed by atoms with E-state index < -0.39 is 0 Å². The van der Waals surface area contributed by atoms with Gasteiger partial charge >= 0.3 is 0 Å².